The van der Waals surface area contributed by atoms with Crippen LogP contribution in [0.5, 0.6) is 0 Å². The Morgan fingerprint density at radius 2 is 2.04 bits per heavy atom. The molecule has 0 amide bonds. The minimum atomic E-state index is -4.41. The number of halogens is 4. The van der Waals surface area contributed by atoms with Crippen molar-refractivity contribution in [2.24, 2.45) is 0 Å². The molecule has 1 unspecified atom stereocenters. The van der Waals surface area contributed by atoms with E-state index in [0.717, 1.165) is 23.5 Å². The second-order valence-corrected chi connectivity index (χ2v) is 6.22. The molecule has 0 fully saturated rings. The maximum atomic E-state index is 12.7. The van der Waals surface area contributed by atoms with Gasteiger partial charge in [-0.2, -0.15) is 13.2 Å². The molecule has 1 aliphatic rings. The second kappa shape index (κ2) is 6.33. The standard InChI is InChI=1S/C15H11ClF3N3S/c16-11-3-1-2-9(4-11)13-8-23-14(22-13)21-12-5-10(6-20-7-12)15(17,18)19/h1-8,14,21-22H. The van der Waals surface area contributed by atoms with Crippen molar-refractivity contribution in [3.05, 3.63) is 64.3 Å². The summed E-state index contributed by atoms with van der Waals surface area (Å²) in [5, 5.41) is 8.67. The summed E-state index contributed by atoms with van der Waals surface area (Å²) in [7, 11) is 0. The van der Waals surface area contributed by atoms with E-state index >= 15 is 0 Å². The molecular weight excluding hydrogens is 347 g/mol. The first-order valence-electron chi connectivity index (χ1n) is 6.59. The largest absolute Gasteiger partial charge is 0.417 e. The molecule has 1 aromatic heterocycles. The SMILES string of the molecule is FC(F)(F)c1cncc(NC2NC(c3cccc(Cl)c3)=CS2)c1. The number of hydrogen-bond acceptors (Lipinski definition) is 4. The summed E-state index contributed by atoms with van der Waals surface area (Å²) >= 11 is 7.38. The van der Waals surface area contributed by atoms with Gasteiger partial charge in [0, 0.05) is 11.2 Å². The minimum Gasteiger partial charge on any atom is -0.356 e. The second-order valence-electron chi connectivity index (χ2n) is 4.81. The molecule has 0 bridgehead atoms. The zero-order chi connectivity index (χ0) is 16.4. The van der Waals surface area contributed by atoms with Crippen LogP contribution in [0, 0.1) is 0 Å². The van der Waals surface area contributed by atoms with E-state index < -0.39 is 11.7 Å². The Bertz CT molecular complexity index is 749. The van der Waals surface area contributed by atoms with Crippen LogP contribution in [0.25, 0.3) is 5.70 Å². The number of nitrogens with one attached hydrogen (secondary N) is 2. The van der Waals surface area contributed by atoms with Gasteiger partial charge in [0.2, 0.25) is 0 Å². The summed E-state index contributed by atoms with van der Waals surface area (Å²) in [5.41, 5.74) is 1.000. The first kappa shape index (κ1) is 16.0. The number of hydrogen-bond donors (Lipinski definition) is 2. The highest BCUT2D eigenvalue weighted by Gasteiger charge is 2.31. The van der Waals surface area contributed by atoms with Crippen molar-refractivity contribution in [2.45, 2.75) is 11.7 Å². The van der Waals surface area contributed by atoms with E-state index in [2.05, 4.69) is 15.6 Å². The van der Waals surface area contributed by atoms with Crippen LogP contribution in [0.1, 0.15) is 11.1 Å². The van der Waals surface area contributed by atoms with Gasteiger partial charge in [0.25, 0.3) is 0 Å². The fourth-order valence-corrected chi connectivity index (χ4v) is 3.11. The van der Waals surface area contributed by atoms with Crippen LogP contribution < -0.4 is 10.6 Å². The van der Waals surface area contributed by atoms with Gasteiger partial charge in [0.05, 0.1) is 23.1 Å². The maximum Gasteiger partial charge on any atom is 0.417 e. The van der Waals surface area contributed by atoms with Crippen LogP contribution >= 0.6 is 23.4 Å². The molecule has 3 nitrogen and oxygen atoms in total. The molecule has 120 valence electrons. The van der Waals surface area contributed by atoms with Gasteiger partial charge in [-0.15, -0.1) is 0 Å². The number of alkyl halides is 3. The topological polar surface area (TPSA) is 37.0 Å². The van der Waals surface area contributed by atoms with Crippen LogP contribution in [0.2, 0.25) is 5.02 Å². The van der Waals surface area contributed by atoms with E-state index in [4.69, 9.17) is 11.6 Å². The Hall–Kier alpha value is -1.86. The van der Waals surface area contributed by atoms with Gasteiger partial charge >= 0.3 is 6.18 Å². The van der Waals surface area contributed by atoms with Crippen LogP contribution in [0.4, 0.5) is 18.9 Å². The zero-order valence-electron chi connectivity index (χ0n) is 11.6. The van der Waals surface area contributed by atoms with Crippen molar-refractivity contribution in [3.8, 4) is 0 Å². The van der Waals surface area contributed by atoms with Crippen molar-refractivity contribution >= 4 is 34.7 Å². The van der Waals surface area contributed by atoms with Gasteiger partial charge in [-0.05, 0) is 29.2 Å². The van der Waals surface area contributed by atoms with E-state index in [1.807, 2.05) is 23.6 Å². The van der Waals surface area contributed by atoms with Gasteiger partial charge < -0.3 is 10.6 Å². The minimum absolute atomic E-state index is 0.283. The lowest BCUT2D eigenvalue weighted by atomic mass is 10.2. The molecule has 1 aliphatic heterocycles. The van der Waals surface area contributed by atoms with Crippen LogP contribution in [0.15, 0.2) is 48.1 Å². The Morgan fingerprint density at radius 1 is 1.22 bits per heavy atom. The molecular formula is C15H11ClF3N3S. The quantitative estimate of drug-likeness (QED) is 0.828. The number of thioether (sulfide) groups is 1. The molecule has 23 heavy (non-hydrogen) atoms. The first-order chi connectivity index (χ1) is 10.9. The third-order valence-corrected chi connectivity index (χ3v) is 4.22. The molecule has 2 aromatic rings. The average molecular weight is 358 g/mol. The lowest BCUT2D eigenvalue weighted by Gasteiger charge is -2.17. The number of anilines is 1. The normalized spacial score (nSPS) is 17.6. The van der Waals surface area contributed by atoms with Crippen LogP contribution in [-0.2, 0) is 6.18 Å². The van der Waals surface area contributed by atoms with E-state index in [0.29, 0.717) is 10.7 Å². The van der Waals surface area contributed by atoms with Crippen molar-refractivity contribution in [3.63, 3.8) is 0 Å². The maximum absolute atomic E-state index is 12.7. The third-order valence-electron chi connectivity index (χ3n) is 3.11. The third kappa shape index (κ3) is 3.92. The Balaban J connectivity index is 1.68. The smallest absolute Gasteiger partial charge is 0.356 e. The number of pyridine rings is 1. The summed E-state index contributed by atoms with van der Waals surface area (Å²) in [5.74, 6) is 0. The van der Waals surface area contributed by atoms with Gasteiger partial charge in [0.15, 0.2) is 0 Å². The number of benzene rings is 1. The van der Waals surface area contributed by atoms with E-state index in [1.165, 1.54) is 18.0 Å². The fraction of sp³-hybridized carbons (Fsp3) is 0.133. The first-order valence-corrected chi connectivity index (χ1v) is 7.91. The highest BCUT2D eigenvalue weighted by molar-refractivity contribution is 8.03. The predicted molar refractivity (Wildman–Crippen MR) is 86.8 cm³/mol. The van der Waals surface area contributed by atoms with E-state index in [9.17, 15) is 13.2 Å². The summed E-state index contributed by atoms with van der Waals surface area (Å²) < 4.78 is 38.1. The number of nitrogens with zero attached hydrogens (tertiary/aromatic N) is 1. The number of aromatic nitrogens is 1. The van der Waals surface area contributed by atoms with Crippen molar-refractivity contribution < 1.29 is 13.2 Å². The molecule has 0 aliphatic carbocycles. The molecule has 0 saturated heterocycles. The van der Waals surface area contributed by atoms with Gasteiger partial charge in [0.1, 0.15) is 5.50 Å². The molecule has 0 spiro atoms. The highest BCUT2D eigenvalue weighted by Crippen LogP contribution is 2.32. The lowest BCUT2D eigenvalue weighted by Crippen LogP contribution is -2.28. The van der Waals surface area contributed by atoms with Gasteiger partial charge in [-0.3, -0.25) is 4.98 Å². The summed E-state index contributed by atoms with van der Waals surface area (Å²) in [6.45, 7) is 0. The molecule has 2 N–H and O–H groups in total. The Labute approximate surface area is 139 Å². The zero-order valence-corrected chi connectivity index (χ0v) is 13.1. The molecule has 0 radical (unpaired) electrons. The van der Waals surface area contributed by atoms with Crippen LogP contribution in [-0.4, -0.2) is 10.5 Å². The molecule has 0 saturated carbocycles. The van der Waals surface area contributed by atoms with Gasteiger partial charge in [-0.25, -0.2) is 0 Å². The van der Waals surface area contributed by atoms with Gasteiger partial charge in [-0.1, -0.05) is 35.5 Å². The Kier molecular flexibility index (Phi) is 4.41. The fourth-order valence-electron chi connectivity index (χ4n) is 2.05. The van der Waals surface area contributed by atoms with Crippen molar-refractivity contribution in [1.82, 2.24) is 10.3 Å². The highest BCUT2D eigenvalue weighted by atomic mass is 35.5. The predicted octanol–water partition coefficient (Wildman–Crippen LogP) is 4.78. The van der Waals surface area contributed by atoms with E-state index in [-0.39, 0.29) is 5.50 Å². The van der Waals surface area contributed by atoms with Crippen molar-refractivity contribution in [1.29, 1.82) is 0 Å². The lowest BCUT2D eigenvalue weighted by molar-refractivity contribution is -0.137. The molecule has 2 heterocycles. The summed E-state index contributed by atoms with van der Waals surface area (Å²) in [4.78, 5) is 3.63. The van der Waals surface area contributed by atoms with E-state index in [1.54, 1.807) is 6.07 Å². The number of rotatable bonds is 3. The molecule has 3 rings (SSSR count). The molecule has 1 atom stereocenters. The Morgan fingerprint density at radius 3 is 2.78 bits per heavy atom. The monoisotopic (exact) mass is 357 g/mol. The van der Waals surface area contributed by atoms with Crippen molar-refractivity contribution in [2.75, 3.05) is 5.32 Å². The van der Waals surface area contributed by atoms with Crippen LogP contribution in [0.3, 0.4) is 0 Å². The summed E-state index contributed by atoms with van der Waals surface area (Å²) in [6.07, 6.45) is -2.25. The summed E-state index contributed by atoms with van der Waals surface area (Å²) in [6, 6.07) is 8.36. The average Bonchev–Trinajstić information content (AvgIpc) is 2.95. The molecule has 8 heteroatoms. The molecule has 1 aromatic carbocycles.